The van der Waals surface area contributed by atoms with Gasteiger partial charge in [0.05, 0.1) is 11.4 Å². The molecule has 1 aliphatic heterocycles. The maximum atomic E-state index is 12.8. The lowest BCUT2D eigenvalue weighted by molar-refractivity contribution is -0.118. The number of hydrogen-bond acceptors (Lipinski definition) is 5. The lowest BCUT2D eigenvalue weighted by Gasteiger charge is -2.24. The predicted octanol–water partition coefficient (Wildman–Crippen LogP) is 0.585. The summed E-state index contributed by atoms with van der Waals surface area (Å²) in [6, 6.07) is 6.08. The van der Waals surface area contributed by atoms with E-state index in [-0.39, 0.29) is 23.7 Å². The van der Waals surface area contributed by atoms with Gasteiger partial charge in [0.2, 0.25) is 10.0 Å². The maximum absolute atomic E-state index is 12.8. The lowest BCUT2D eigenvalue weighted by Crippen LogP contribution is -2.43. The maximum Gasteiger partial charge on any atom is 0.270 e. The second-order valence-corrected chi connectivity index (χ2v) is 8.01. The van der Waals surface area contributed by atoms with Crippen LogP contribution in [-0.4, -0.2) is 44.7 Å². The van der Waals surface area contributed by atoms with Crippen LogP contribution in [0.4, 0.5) is 5.69 Å². The van der Waals surface area contributed by atoms with Crippen LogP contribution in [0.25, 0.3) is 0 Å². The van der Waals surface area contributed by atoms with E-state index in [2.05, 4.69) is 9.98 Å². The van der Waals surface area contributed by atoms with Crippen molar-refractivity contribution in [3.05, 3.63) is 41.6 Å². The predicted molar refractivity (Wildman–Crippen MR) is 104 cm³/mol. The molecular formula is C17H23N5O3S. The van der Waals surface area contributed by atoms with E-state index in [4.69, 9.17) is 11.5 Å². The third-order valence-corrected chi connectivity index (χ3v) is 5.75. The van der Waals surface area contributed by atoms with Crippen LogP contribution < -0.4 is 15.8 Å². The Morgan fingerprint density at radius 2 is 2.00 bits per heavy atom. The number of sulfonamides is 1. The summed E-state index contributed by atoms with van der Waals surface area (Å²) in [7, 11) is -2.18. The Morgan fingerprint density at radius 1 is 1.35 bits per heavy atom. The minimum atomic E-state index is -3.65. The van der Waals surface area contributed by atoms with Crippen LogP contribution in [0.15, 0.2) is 46.0 Å². The fraction of sp³-hybridized carbons (Fsp3) is 0.353. The van der Waals surface area contributed by atoms with Crippen molar-refractivity contribution in [2.24, 2.45) is 21.5 Å². The number of carbonyl (C=O) groups is 1. The standard InChI is InChI=1S/C17H23N5O3S/c1-4-26(24,25)22-14-8-6-5-7-12(14)10-15(22)17(23)21-13(9-11(2)18)16(19)20-3/h5-9,15H,4,10,18H2,1-3H3,(H2,19,20). The van der Waals surface area contributed by atoms with Crippen LogP contribution in [0.3, 0.4) is 0 Å². The van der Waals surface area contributed by atoms with E-state index in [0.717, 1.165) is 9.87 Å². The average Bonchev–Trinajstić information content (AvgIpc) is 3.00. The summed E-state index contributed by atoms with van der Waals surface area (Å²) in [4.78, 5) is 20.7. The number of allylic oxidation sites excluding steroid dienone is 1. The Hall–Kier alpha value is -2.68. The SMILES string of the molecule is CCS(=O)(=O)N1c2ccccc2CC1C(=O)N=C(C=C(C)N)C(N)=NC. The molecule has 1 aromatic carbocycles. The molecule has 0 saturated carbocycles. The Labute approximate surface area is 153 Å². The summed E-state index contributed by atoms with van der Waals surface area (Å²) < 4.78 is 26.3. The summed E-state index contributed by atoms with van der Waals surface area (Å²) >= 11 is 0. The Morgan fingerprint density at radius 3 is 2.58 bits per heavy atom. The fourth-order valence-electron chi connectivity index (χ4n) is 2.71. The van der Waals surface area contributed by atoms with Crippen molar-refractivity contribution in [3.8, 4) is 0 Å². The first-order valence-corrected chi connectivity index (χ1v) is 9.71. The van der Waals surface area contributed by atoms with Gasteiger partial charge < -0.3 is 11.5 Å². The van der Waals surface area contributed by atoms with E-state index < -0.39 is 22.0 Å². The molecule has 2 rings (SSSR count). The van der Waals surface area contributed by atoms with Gasteiger partial charge in [-0.15, -0.1) is 0 Å². The van der Waals surface area contributed by atoms with Crippen LogP contribution in [0.5, 0.6) is 0 Å². The van der Waals surface area contributed by atoms with Gasteiger partial charge in [-0.05, 0) is 31.6 Å². The highest BCUT2D eigenvalue weighted by Gasteiger charge is 2.40. The molecule has 26 heavy (non-hydrogen) atoms. The van der Waals surface area contributed by atoms with E-state index >= 15 is 0 Å². The van der Waals surface area contributed by atoms with Crippen molar-refractivity contribution in [1.82, 2.24) is 0 Å². The highest BCUT2D eigenvalue weighted by Crippen LogP contribution is 2.35. The molecule has 0 spiro atoms. The fourth-order valence-corrected chi connectivity index (χ4v) is 4.02. The van der Waals surface area contributed by atoms with Gasteiger partial charge in [0, 0.05) is 19.2 Å². The first-order chi connectivity index (χ1) is 12.2. The van der Waals surface area contributed by atoms with E-state index in [0.29, 0.717) is 11.4 Å². The van der Waals surface area contributed by atoms with Gasteiger partial charge in [0.1, 0.15) is 17.6 Å². The summed E-state index contributed by atoms with van der Waals surface area (Å²) in [5.74, 6) is -0.692. The molecule has 1 aliphatic rings. The van der Waals surface area contributed by atoms with Gasteiger partial charge in [-0.2, -0.15) is 0 Å². The van der Waals surface area contributed by atoms with E-state index in [1.807, 2.05) is 0 Å². The molecule has 0 radical (unpaired) electrons. The Balaban J connectivity index is 2.51. The summed E-state index contributed by atoms with van der Waals surface area (Å²) in [6.45, 7) is 3.16. The van der Waals surface area contributed by atoms with Crippen LogP contribution in [0, 0.1) is 0 Å². The number of fused-ring (bicyclic) bond motifs is 1. The van der Waals surface area contributed by atoms with Gasteiger partial charge in [-0.3, -0.25) is 14.1 Å². The van der Waals surface area contributed by atoms with Crippen molar-refractivity contribution >= 4 is 33.2 Å². The number of carbonyl (C=O) groups excluding carboxylic acids is 1. The largest absolute Gasteiger partial charge is 0.402 e. The molecule has 0 aliphatic carbocycles. The summed E-state index contributed by atoms with van der Waals surface area (Å²) in [5, 5.41) is 0. The zero-order chi connectivity index (χ0) is 19.5. The van der Waals surface area contributed by atoms with Crippen LogP contribution in [-0.2, 0) is 21.2 Å². The minimum absolute atomic E-state index is 0.0450. The number of hydrogen-bond donors (Lipinski definition) is 2. The highest BCUT2D eigenvalue weighted by molar-refractivity contribution is 7.92. The third kappa shape index (κ3) is 3.93. The molecule has 1 unspecified atom stereocenters. The molecule has 9 heteroatoms. The van der Waals surface area contributed by atoms with Gasteiger partial charge >= 0.3 is 0 Å². The minimum Gasteiger partial charge on any atom is -0.402 e. The number of benzene rings is 1. The van der Waals surface area contributed by atoms with Crippen LogP contribution >= 0.6 is 0 Å². The molecule has 4 N–H and O–H groups in total. The number of nitrogens with two attached hydrogens (primary N) is 2. The molecule has 1 amide bonds. The van der Waals surface area contributed by atoms with Crippen molar-refractivity contribution in [1.29, 1.82) is 0 Å². The Bertz CT molecular complexity index is 899. The molecule has 1 aromatic rings. The monoisotopic (exact) mass is 377 g/mol. The van der Waals surface area contributed by atoms with Crippen molar-refractivity contribution < 1.29 is 13.2 Å². The molecule has 0 fully saturated rings. The van der Waals surface area contributed by atoms with Gasteiger partial charge in [0.15, 0.2) is 0 Å². The summed E-state index contributed by atoms with van der Waals surface area (Å²) in [5.41, 5.74) is 13.2. The van der Waals surface area contributed by atoms with Crippen molar-refractivity contribution in [3.63, 3.8) is 0 Å². The average molecular weight is 377 g/mol. The second-order valence-electron chi connectivity index (χ2n) is 5.88. The highest BCUT2D eigenvalue weighted by atomic mass is 32.2. The van der Waals surface area contributed by atoms with E-state index in [1.165, 1.54) is 20.0 Å². The van der Waals surface area contributed by atoms with Crippen molar-refractivity contribution in [2.75, 3.05) is 17.1 Å². The lowest BCUT2D eigenvalue weighted by atomic mass is 10.1. The molecular weight excluding hydrogens is 354 g/mol. The third-order valence-electron chi connectivity index (χ3n) is 3.97. The van der Waals surface area contributed by atoms with Gasteiger partial charge in [-0.25, -0.2) is 13.4 Å². The van der Waals surface area contributed by atoms with Crippen LogP contribution in [0.1, 0.15) is 19.4 Å². The van der Waals surface area contributed by atoms with E-state index in [1.54, 1.807) is 31.2 Å². The topological polar surface area (TPSA) is 131 Å². The molecule has 0 saturated heterocycles. The first kappa shape index (κ1) is 19.6. The van der Waals surface area contributed by atoms with Gasteiger partial charge in [-0.1, -0.05) is 18.2 Å². The molecule has 1 atom stereocenters. The number of para-hydroxylation sites is 1. The molecule has 140 valence electrons. The molecule has 0 bridgehead atoms. The van der Waals surface area contributed by atoms with Crippen LogP contribution in [0.2, 0.25) is 0 Å². The zero-order valence-electron chi connectivity index (χ0n) is 15.0. The van der Waals surface area contributed by atoms with E-state index in [9.17, 15) is 13.2 Å². The quantitative estimate of drug-likeness (QED) is 0.572. The zero-order valence-corrected chi connectivity index (χ0v) is 15.8. The normalized spacial score (nSPS) is 18.8. The number of amidine groups is 1. The number of nitrogens with zero attached hydrogens (tertiary/aromatic N) is 3. The number of rotatable bonds is 5. The molecule has 1 heterocycles. The smallest absolute Gasteiger partial charge is 0.270 e. The first-order valence-electron chi connectivity index (χ1n) is 8.10. The van der Waals surface area contributed by atoms with Crippen molar-refractivity contribution in [2.45, 2.75) is 26.3 Å². The number of aliphatic imine (C=N–C) groups is 2. The number of amides is 1. The second kappa shape index (κ2) is 7.69. The summed E-state index contributed by atoms with van der Waals surface area (Å²) in [6.07, 6.45) is 1.68. The Kier molecular flexibility index (Phi) is 5.81. The number of anilines is 1. The molecule has 8 nitrogen and oxygen atoms in total. The van der Waals surface area contributed by atoms with Gasteiger partial charge in [0.25, 0.3) is 5.91 Å². The molecule has 0 aromatic heterocycles.